The topological polar surface area (TPSA) is 88.0 Å². The standard InChI is InChI=1S/C16H18N2O4S/c1-11-7-8-15(12(2)9-11)23(20,21)18-17-10-13-5-4-6-14(22-3)16(13)19/h4-10,18-19H,1-3H3. The Kier molecular flexibility index (Phi) is 4.90. The molecule has 2 N–H and O–H groups in total. The molecule has 6 nitrogen and oxygen atoms in total. The summed E-state index contributed by atoms with van der Waals surface area (Å²) in [4.78, 5) is 2.30. The number of hydrogen-bond acceptors (Lipinski definition) is 5. The molecule has 0 spiro atoms. The summed E-state index contributed by atoms with van der Waals surface area (Å²) in [6.07, 6.45) is 1.22. The largest absolute Gasteiger partial charge is 0.504 e. The summed E-state index contributed by atoms with van der Waals surface area (Å²) >= 11 is 0. The number of hydrazone groups is 1. The molecule has 0 fully saturated rings. The van der Waals surface area contributed by atoms with Crippen molar-refractivity contribution in [2.75, 3.05) is 7.11 Å². The van der Waals surface area contributed by atoms with Crippen molar-refractivity contribution in [3.8, 4) is 11.5 Å². The molecule has 0 aliphatic heterocycles. The van der Waals surface area contributed by atoms with Crippen LogP contribution in [-0.4, -0.2) is 26.8 Å². The number of ether oxygens (including phenoxy) is 1. The molecule has 2 aromatic carbocycles. The van der Waals surface area contributed by atoms with Crippen molar-refractivity contribution in [1.29, 1.82) is 0 Å². The zero-order valence-electron chi connectivity index (χ0n) is 13.1. The van der Waals surface area contributed by atoms with Gasteiger partial charge < -0.3 is 9.84 Å². The van der Waals surface area contributed by atoms with E-state index in [0.717, 1.165) is 5.56 Å². The van der Waals surface area contributed by atoms with Crippen LogP contribution in [0.3, 0.4) is 0 Å². The zero-order valence-corrected chi connectivity index (χ0v) is 13.9. The molecule has 0 aromatic heterocycles. The molecule has 7 heteroatoms. The van der Waals surface area contributed by atoms with Gasteiger partial charge in [-0.15, -0.1) is 0 Å². The summed E-state index contributed by atoms with van der Waals surface area (Å²) in [6, 6.07) is 9.88. The first kappa shape index (κ1) is 16.8. The van der Waals surface area contributed by atoms with Crippen molar-refractivity contribution in [2.45, 2.75) is 18.7 Å². The number of aromatic hydroxyl groups is 1. The van der Waals surface area contributed by atoms with Gasteiger partial charge in [0.2, 0.25) is 0 Å². The molecule has 0 aliphatic carbocycles. The minimum Gasteiger partial charge on any atom is -0.504 e. The van der Waals surface area contributed by atoms with Gasteiger partial charge in [0, 0.05) is 5.56 Å². The Bertz CT molecular complexity index is 845. The normalized spacial score (nSPS) is 11.6. The first-order valence-corrected chi connectivity index (χ1v) is 8.31. The Morgan fingerprint density at radius 3 is 2.61 bits per heavy atom. The van der Waals surface area contributed by atoms with Crippen LogP contribution in [-0.2, 0) is 10.0 Å². The third-order valence-corrected chi connectivity index (χ3v) is 4.63. The van der Waals surface area contributed by atoms with Crippen molar-refractivity contribution >= 4 is 16.2 Å². The lowest BCUT2D eigenvalue weighted by atomic mass is 10.2. The smallest absolute Gasteiger partial charge is 0.276 e. The van der Waals surface area contributed by atoms with Crippen molar-refractivity contribution < 1.29 is 18.3 Å². The number of methoxy groups -OCH3 is 1. The highest BCUT2D eigenvalue weighted by molar-refractivity contribution is 7.89. The van der Waals surface area contributed by atoms with Crippen LogP contribution < -0.4 is 9.57 Å². The van der Waals surface area contributed by atoms with Gasteiger partial charge in [0.1, 0.15) is 0 Å². The average Bonchev–Trinajstić information content (AvgIpc) is 2.48. The quantitative estimate of drug-likeness (QED) is 0.649. The number of hydrogen-bond donors (Lipinski definition) is 2. The summed E-state index contributed by atoms with van der Waals surface area (Å²) < 4.78 is 29.5. The maximum Gasteiger partial charge on any atom is 0.276 e. The number of para-hydroxylation sites is 1. The Hall–Kier alpha value is -2.54. The summed E-state index contributed by atoms with van der Waals surface area (Å²) in [6.45, 7) is 3.61. The molecule has 0 heterocycles. The van der Waals surface area contributed by atoms with Crippen LogP contribution in [0.5, 0.6) is 11.5 Å². The van der Waals surface area contributed by atoms with Gasteiger partial charge in [-0.2, -0.15) is 13.5 Å². The molecule has 0 bridgehead atoms. The molecule has 23 heavy (non-hydrogen) atoms. The number of phenolic OH excluding ortho intramolecular Hbond substituents is 1. The van der Waals surface area contributed by atoms with Crippen LogP contribution in [0.4, 0.5) is 0 Å². The lowest BCUT2D eigenvalue weighted by molar-refractivity contribution is 0.373. The third-order valence-electron chi connectivity index (χ3n) is 3.25. The molecule has 0 saturated heterocycles. The van der Waals surface area contributed by atoms with E-state index in [2.05, 4.69) is 9.93 Å². The van der Waals surface area contributed by atoms with E-state index in [-0.39, 0.29) is 16.4 Å². The van der Waals surface area contributed by atoms with E-state index >= 15 is 0 Å². The number of benzene rings is 2. The van der Waals surface area contributed by atoms with E-state index in [0.29, 0.717) is 11.1 Å². The molecular weight excluding hydrogens is 316 g/mol. The van der Waals surface area contributed by atoms with Gasteiger partial charge in [-0.3, -0.25) is 0 Å². The van der Waals surface area contributed by atoms with Crippen LogP contribution in [0.1, 0.15) is 16.7 Å². The van der Waals surface area contributed by atoms with E-state index in [1.807, 2.05) is 6.92 Å². The number of rotatable bonds is 5. The minimum absolute atomic E-state index is 0.107. The molecule has 0 radical (unpaired) electrons. The lowest BCUT2D eigenvalue weighted by Gasteiger charge is -2.08. The van der Waals surface area contributed by atoms with Gasteiger partial charge in [-0.25, -0.2) is 4.83 Å². The fraction of sp³-hybridized carbons (Fsp3) is 0.188. The predicted octanol–water partition coefficient (Wildman–Crippen LogP) is 2.33. The van der Waals surface area contributed by atoms with E-state index < -0.39 is 10.0 Å². The van der Waals surface area contributed by atoms with Gasteiger partial charge in [0.05, 0.1) is 18.2 Å². The highest BCUT2D eigenvalue weighted by Crippen LogP contribution is 2.28. The Morgan fingerprint density at radius 2 is 1.96 bits per heavy atom. The number of nitrogens with zero attached hydrogens (tertiary/aromatic N) is 1. The number of sulfonamides is 1. The lowest BCUT2D eigenvalue weighted by Crippen LogP contribution is -2.19. The molecule has 2 rings (SSSR count). The Balaban J connectivity index is 2.22. The van der Waals surface area contributed by atoms with Crippen molar-refractivity contribution in [3.63, 3.8) is 0 Å². The van der Waals surface area contributed by atoms with Crippen LogP contribution >= 0.6 is 0 Å². The summed E-state index contributed by atoms with van der Waals surface area (Å²) in [7, 11) is -2.34. The number of aryl methyl sites for hydroxylation is 2. The maximum absolute atomic E-state index is 12.3. The first-order chi connectivity index (χ1) is 10.8. The number of phenols is 1. The summed E-state index contributed by atoms with van der Waals surface area (Å²) in [5.74, 6) is 0.177. The second-order valence-electron chi connectivity index (χ2n) is 5.02. The molecule has 0 aliphatic rings. The van der Waals surface area contributed by atoms with E-state index in [1.54, 1.807) is 37.3 Å². The van der Waals surface area contributed by atoms with Crippen molar-refractivity contribution in [1.82, 2.24) is 4.83 Å². The molecule has 0 atom stereocenters. The third kappa shape index (κ3) is 3.81. The second kappa shape index (κ2) is 6.70. The van der Waals surface area contributed by atoms with Gasteiger partial charge in [0.15, 0.2) is 11.5 Å². The van der Waals surface area contributed by atoms with E-state index in [4.69, 9.17) is 4.74 Å². The highest BCUT2D eigenvalue weighted by atomic mass is 32.2. The predicted molar refractivity (Wildman–Crippen MR) is 88.5 cm³/mol. The molecule has 122 valence electrons. The fourth-order valence-electron chi connectivity index (χ4n) is 2.12. The Morgan fingerprint density at radius 1 is 1.22 bits per heavy atom. The SMILES string of the molecule is COc1cccc(C=NNS(=O)(=O)c2ccc(C)cc2C)c1O. The Labute approximate surface area is 135 Å². The minimum atomic E-state index is -3.77. The first-order valence-electron chi connectivity index (χ1n) is 6.83. The van der Waals surface area contributed by atoms with Gasteiger partial charge in [0.25, 0.3) is 10.0 Å². The number of nitrogens with one attached hydrogen (secondary N) is 1. The van der Waals surface area contributed by atoms with Gasteiger partial charge in [-0.05, 0) is 37.6 Å². The van der Waals surface area contributed by atoms with Gasteiger partial charge >= 0.3 is 0 Å². The zero-order chi connectivity index (χ0) is 17.0. The van der Waals surface area contributed by atoms with Crippen LogP contribution in [0.2, 0.25) is 0 Å². The van der Waals surface area contributed by atoms with Crippen molar-refractivity contribution in [2.24, 2.45) is 5.10 Å². The monoisotopic (exact) mass is 334 g/mol. The molecule has 0 saturated carbocycles. The van der Waals surface area contributed by atoms with Crippen LogP contribution in [0.15, 0.2) is 46.4 Å². The van der Waals surface area contributed by atoms with Crippen molar-refractivity contribution in [3.05, 3.63) is 53.1 Å². The van der Waals surface area contributed by atoms with Gasteiger partial charge in [-0.1, -0.05) is 23.8 Å². The highest BCUT2D eigenvalue weighted by Gasteiger charge is 2.15. The molecular formula is C16H18N2O4S. The molecule has 0 amide bonds. The van der Waals surface area contributed by atoms with Crippen LogP contribution in [0, 0.1) is 13.8 Å². The molecule has 2 aromatic rings. The van der Waals surface area contributed by atoms with Crippen LogP contribution in [0.25, 0.3) is 0 Å². The van der Waals surface area contributed by atoms with E-state index in [1.165, 1.54) is 19.4 Å². The average molecular weight is 334 g/mol. The second-order valence-corrected chi connectivity index (χ2v) is 6.65. The fourth-order valence-corrected chi connectivity index (χ4v) is 3.14. The van der Waals surface area contributed by atoms with E-state index in [9.17, 15) is 13.5 Å². The summed E-state index contributed by atoms with van der Waals surface area (Å²) in [5, 5.41) is 13.6. The molecule has 0 unspecified atom stereocenters. The maximum atomic E-state index is 12.3. The summed E-state index contributed by atoms with van der Waals surface area (Å²) in [5.41, 5.74) is 1.95.